The molecule has 0 radical (unpaired) electrons. The fourth-order valence-corrected chi connectivity index (χ4v) is 3.61. The molecule has 9 nitrogen and oxygen atoms in total. The van der Waals surface area contributed by atoms with Gasteiger partial charge in [-0.15, -0.1) is 0 Å². The van der Waals surface area contributed by atoms with Crippen LogP contribution in [0.1, 0.15) is 50.7 Å². The maximum absolute atomic E-state index is 11.5. The molecule has 0 saturated carbocycles. The van der Waals surface area contributed by atoms with Crippen LogP contribution in [-0.2, 0) is 11.3 Å². The Morgan fingerprint density at radius 1 is 1.26 bits per heavy atom. The summed E-state index contributed by atoms with van der Waals surface area (Å²) < 4.78 is 1.74. The van der Waals surface area contributed by atoms with E-state index in [1.165, 1.54) is 0 Å². The number of anilines is 3. The molecule has 0 aliphatic carbocycles. The Bertz CT molecular complexity index is 1060. The van der Waals surface area contributed by atoms with Gasteiger partial charge in [0.05, 0.1) is 12.3 Å². The Labute approximate surface area is 181 Å². The lowest BCUT2D eigenvalue weighted by molar-refractivity contribution is -0.115. The van der Waals surface area contributed by atoms with Crippen LogP contribution in [0.5, 0.6) is 0 Å². The van der Waals surface area contributed by atoms with Crippen LogP contribution >= 0.6 is 0 Å². The van der Waals surface area contributed by atoms with E-state index in [0.29, 0.717) is 37.8 Å². The zero-order valence-corrected chi connectivity index (χ0v) is 18.2. The lowest BCUT2D eigenvalue weighted by Gasteiger charge is -2.17. The lowest BCUT2D eigenvalue weighted by atomic mass is 10.1. The second-order valence-electron chi connectivity index (χ2n) is 8.18. The molecule has 0 unspecified atom stereocenters. The molecule has 164 valence electrons. The molecule has 1 aliphatic rings. The average Bonchev–Trinajstić information content (AvgIpc) is 3.39. The molecule has 3 N–H and O–H groups in total. The Morgan fingerprint density at radius 2 is 2.03 bits per heavy atom. The molecule has 1 aromatic carbocycles. The standard InChI is InChI=1S/C22H29N7O2/c1-4-19(31)25-16-7-5-15(6-8-16)11-23-21-27-22(28-10-9-17(30)13-28)26-20-18(14(2)3)12-24-29(20)21/h5-8,12,14,17,30H,4,9-11,13H2,1-3H3,(H,25,31)(H,23,26,27)/t17-/m0/s1. The molecule has 1 saturated heterocycles. The Kier molecular flexibility index (Phi) is 6.03. The maximum Gasteiger partial charge on any atom is 0.230 e. The summed E-state index contributed by atoms with van der Waals surface area (Å²) in [6, 6.07) is 7.72. The first-order valence-electron chi connectivity index (χ1n) is 10.8. The molecule has 2 aromatic heterocycles. The fourth-order valence-electron chi connectivity index (χ4n) is 3.61. The quantitative estimate of drug-likeness (QED) is 0.536. The maximum atomic E-state index is 11.5. The van der Waals surface area contributed by atoms with Crippen LogP contribution < -0.4 is 15.5 Å². The van der Waals surface area contributed by atoms with Gasteiger partial charge in [0.1, 0.15) is 0 Å². The summed E-state index contributed by atoms with van der Waals surface area (Å²) >= 11 is 0. The number of hydrogen-bond acceptors (Lipinski definition) is 7. The van der Waals surface area contributed by atoms with Crippen molar-refractivity contribution in [2.24, 2.45) is 0 Å². The molecule has 3 heterocycles. The van der Waals surface area contributed by atoms with E-state index in [4.69, 9.17) is 9.97 Å². The van der Waals surface area contributed by atoms with Crippen molar-refractivity contribution in [1.82, 2.24) is 19.6 Å². The average molecular weight is 424 g/mol. The number of β-amino-alcohol motifs (C(OH)–C–C–N with tert-alkyl or cyclic N) is 1. The highest BCUT2D eigenvalue weighted by atomic mass is 16.3. The number of aromatic nitrogens is 4. The zero-order chi connectivity index (χ0) is 22.0. The number of carbonyl (C=O) groups excluding carboxylic acids is 1. The SMILES string of the molecule is CCC(=O)Nc1ccc(CNc2nc(N3CC[C@H](O)C3)nc3c(C(C)C)cnn23)cc1. The molecule has 1 amide bonds. The molecular weight excluding hydrogens is 394 g/mol. The molecule has 3 aromatic rings. The topological polar surface area (TPSA) is 108 Å². The number of hydrogen-bond donors (Lipinski definition) is 3. The number of nitrogens with zero attached hydrogens (tertiary/aromatic N) is 5. The molecule has 0 spiro atoms. The van der Waals surface area contributed by atoms with E-state index < -0.39 is 0 Å². The summed E-state index contributed by atoms with van der Waals surface area (Å²) in [6.45, 7) is 7.87. The fraction of sp³-hybridized carbons (Fsp3) is 0.455. The van der Waals surface area contributed by atoms with Crippen molar-refractivity contribution in [3.63, 3.8) is 0 Å². The summed E-state index contributed by atoms with van der Waals surface area (Å²) in [5.41, 5.74) is 3.67. The number of aliphatic hydroxyl groups excluding tert-OH is 1. The van der Waals surface area contributed by atoms with Gasteiger partial charge in [-0.25, -0.2) is 0 Å². The van der Waals surface area contributed by atoms with Gasteiger partial charge < -0.3 is 20.6 Å². The number of carbonyl (C=O) groups is 1. The van der Waals surface area contributed by atoms with Crippen molar-refractivity contribution in [3.8, 4) is 0 Å². The molecule has 9 heteroatoms. The minimum Gasteiger partial charge on any atom is -0.391 e. The van der Waals surface area contributed by atoms with Crippen molar-refractivity contribution < 1.29 is 9.90 Å². The van der Waals surface area contributed by atoms with Crippen molar-refractivity contribution in [1.29, 1.82) is 0 Å². The van der Waals surface area contributed by atoms with Crippen LogP contribution in [0.4, 0.5) is 17.6 Å². The van der Waals surface area contributed by atoms with E-state index >= 15 is 0 Å². The highest BCUT2D eigenvalue weighted by Crippen LogP contribution is 2.25. The van der Waals surface area contributed by atoms with Crippen molar-refractivity contribution >= 4 is 29.1 Å². The summed E-state index contributed by atoms with van der Waals surface area (Å²) in [6.07, 6.45) is 2.66. The van der Waals surface area contributed by atoms with Crippen LogP contribution in [0.2, 0.25) is 0 Å². The predicted octanol–water partition coefficient (Wildman–Crippen LogP) is 2.78. The monoisotopic (exact) mass is 423 g/mol. The second kappa shape index (κ2) is 8.89. The Balaban J connectivity index is 1.58. The van der Waals surface area contributed by atoms with Crippen LogP contribution in [0.25, 0.3) is 5.65 Å². The van der Waals surface area contributed by atoms with Crippen molar-refractivity contribution in [3.05, 3.63) is 41.6 Å². The smallest absolute Gasteiger partial charge is 0.230 e. The number of fused-ring (bicyclic) bond motifs is 1. The minimum absolute atomic E-state index is 0.00606. The molecule has 1 aliphatic heterocycles. The summed E-state index contributed by atoms with van der Waals surface area (Å²) in [5, 5.41) is 20.7. The summed E-state index contributed by atoms with van der Waals surface area (Å²) in [4.78, 5) is 23.0. The van der Waals surface area contributed by atoms with Gasteiger partial charge in [-0.05, 0) is 30.0 Å². The molecule has 4 rings (SSSR count). The molecule has 0 bridgehead atoms. The third-order valence-electron chi connectivity index (χ3n) is 5.46. The van der Waals surface area contributed by atoms with Crippen molar-refractivity contribution in [2.75, 3.05) is 28.6 Å². The first-order valence-corrected chi connectivity index (χ1v) is 10.8. The molecule has 1 fully saturated rings. The third-order valence-corrected chi connectivity index (χ3v) is 5.46. The van der Waals surface area contributed by atoms with Crippen molar-refractivity contribution in [2.45, 2.75) is 52.2 Å². The van der Waals surface area contributed by atoms with Gasteiger partial charge in [0, 0.05) is 37.3 Å². The largest absolute Gasteiger partial charge is 0.391 e. The van der Waals surface area contributed by atoms with Gasteiger partial charge in [-0.3, -0.25) is 4.79 Å². The first kappa shape index (κ1) is 21.0. The number of rotatable bonds is 7. The van der Waals surface area contributed by atoms with Crippen LogP contribution in [0, 0.1) is 0 Å². The van der Waals surface area contributed by atoms with E-state index in [2.05, 4.69) is 29.6 Å². The molecular formula is C22H29N7O2. The normalized spacial score (nSPS) is 16.3. The predicted molar refractivity (Wildman–Crippen MR) is 120 cm³/mol. The van der Waals surface area contributed by atoms with Gasteiger partial charge in [-0.1, -0.05) is 32.9 Å². The summed E-state index contributed by atoms with van der Waals surface area (Å²) in [5.74, 6) is 1.49. The highest BCUT2D eigenvalue weighted by molar-refractivity contribution is 5.90. The highest BCUT2D eigenvalue weighted by Gasteiger charge is 2.24. The lowest BCUT2D eigenvalue weighted by Crippen LogP contribution is -2.24. The van der Waals surface area contributed by atoms with E-state index in [-0.39, 0.29) is 17.9 Å². The van der Waals surface area contributed by atoms with Gasteiger partial charge in [-0.2, -0.15) is 19.6 Å². The van der Waals surface area contributed by atoms with Gasteiger partial charge in [0.25, 0.3) is 0 Å². The molecule has 1 atom stereocenters. The van der Waals surface area contributed by atoms with E-state index in [1.54, 1.807) is 4.52 Å². The third kappa shape index (κ3) is 4.61. The van der Waals surface area contributed by atoms with Gasteiger partial charge in [0.2, 0.25) is 17.8 Å². The number of benzene rings is 1. The second-order valence-corrected chi connectivity index (χ2v) is 8.18. The number of nitrogens with one attached hydrogen (secondary N) is 2. The zero-order valence-electron chi connectivity index (χ0n) is 18.2. The van der Waals surface area contributed by atoms with Crippen LogP contribution in [-0.4, -0.2) is 49.8 Å². The van der Waals surface area contributed by atoms with E-state index in [0.717, 1.165) is 29.0 Å². The molecule has 31 heavy (non-hydrogen) atoms. The van der Waals surface area contributed by atoms with E-state index in [1.807, 2.05) is 42.3 Å². The van der Waals surface area contributed by atoms with E-state index in [9.17, 15) is 9.90 Å². The summed E-state index contributed by atoms with van der Waals surface area (Å²) in [7, 11) is 0. The number of amides is 1. The Hall–Kier alpha value is -3.20. The minimum atomic E-state index is -0.350. The Morgan fingerprint density at radius 3 is 2.68 bits per heavy atom. The van der Waals surface area contributed by atoms with Gasteiger partial charge in [0.15, 0.2) is 5.65 Å². The number of aliphatic hydroxyl groups is 1. The van der Waals surface area contributed by atoms with Crippen LogP contribution in [0.3, 0.4) is 0 Å². The van der Waals surface area contributed by atoms with Crippen LogP contribution in [0.15, 0.2) is 30.5 Å². The van der Waals surface area contributed by atoms with Gasteiger partial charge >= 0.3 is 0 Å². The first-order chi connectivity index (χ1) is 14.9.